The Morgan fingerprint density at radius 2 is 1.85 bits per heavy atom. The average molecular weight is 320 g/mol. The van der Waals surface area contributed by atoms with Crippen molar-refractivity contribution < 1.29 is 13.5 Å². The standard InChI is InChI=1S/C12H25N3O3SSi/c1-12(2,3)20(6,7)11-13-8-10(9-16)15(11)19(17,18)14(4)5/h8,16H,9H2,1-7H3. The summed E-state index contributed by atoms with van der Waals surface area (Å²) < 4.78 is 27.4. The Balaban J connectivity index is 3.66. The molecule has 1 aromatic rings. The molecule has 0 bridgehead atoms. The molecule has 1 aromatic heterocycles. The van der Waals surface area contributed by atoms with Gasteiger partial charge in [-0.05, 0) is 5.04 Å². The lowest BCUT2D eigenvalue weighted by atomic mass is 10.2. The van der Waals surface area contributed by atoms with Crippen LogP contribution in [0.2, 0.25) is 18.1 Å². The minimum absolute atomic E-state index is 0.0509. The van der Waals surface area contributed by atoms with Crippen LogP contribution in [0.1, 0.15) is 26.5 Å². The van der Waals surface area contributed by atoms with Crippen LogP contribution < -0.4 is 5.45 Å². The molecule has 0 saturated heterocycles. The maximum atomic E-state index is 12.5. The van der Waals surface area contributed by atoms with Crippen LogP contribution in [0, 0.1) is 0 Å². The van der Waals surface area contributed by atoms with Crippen molar-refractivity contribution in [3.63, 3.8) is 0 Å². The molecular formula is C12H25N3O3SSi. The number of aliphatic hydroxyl groups is 1. The van der Waals surface area contributed by atoms with Crippen molar-refractivity contribution in [3.8, 4) is 0 Å². The summed E-state index contributed by atoms with van der Waals surface area (Å²) in [5.74, 6) is 0. The molecule has 1 rings (SSSR count). The maximum Gasteiger partial charge on any atom is 0.308 e. The zero-order valence-corrected chi connectivity index (χ0v) is 15.1. The highest BCUT2D eigenvalue weighted by molar-refractivity contribution is 7.87. The van der Waals surface area contributed by atoms with E-state index < -0.39 is 18.3 Å². The van der Waals surface area contributed by atoms with Crippen LogP contribution >= 0.6 is 0 Å². The first-order valence-electron chi connectivity index (χ1n) is 6.48. The summed E-state index contributed by atoms with van der Waals surface area (Å²) in [6.07, 6.45) is 1.46. The van der Waals surface area contributed by atoms with E-state index in [0.29, 0.717) is 11.1 Å². The van der Waals surface area contributed by atoms with Gasteiger partial charge in [-0.3, -0.25) is 0 Å². The molecule has 0 spiro atoms. The van der Waals surface area contributed by atoms with Crippen LogP contribution in [0.3, 0.4) is 0 Å². The molecule has 0 aliphatic heterocycles. The van der Waals surface area contributed by atoms with E-state index in [-0.39, 0.29) is 11.6 Å². The van der Waals surface area contributed by atoms with Gasteiger partial charge in [-0.1, -0.05) is 33.9 Å². The number of imidazole rings is 1. The first kappa shape index (κ1) is 17.3. The molecule has 1 N–H and O–H groups in total. The van der Waals surface area contributed by atoms with E-state index in [1.165, 1.54) is 24.3 Å². The summed E-state index contributed by atoms with van der Waals surface area (Å²) in [7, 11) is -2.87. The van der Waals surface area contributed by atoms with E-state index in [4.69, 9.17) is 0 Å². The number of hydrogen-bond acceptors (Lipinski definition) is 4. The third-order valence-corrected chi connectivity index (χ3v) is 11.3. The van der Waals surface area contributed by atoms with Gasteiger partial charge in [0.25, 0.3) is 0 Å². The molecule has 0 fully saturated rings. The second kappa shape index (κ2) is 5.25. The van der Waals surface area contributed by atoms with Crippen LogP contribution in [-0.2, 0) is 16.8 Å². The molecule has 0 unspecified atom stereocenters. The first-order chi connectivity index (χ1) is 8.87. The first-order valence-corrected chi connectivity index (χ1v) is 10.9. The number of aromatic nitrogens is 2. The molecular weight excluding hydrogens is 294 g/mol. The Labute approximate surface area is 122 Å². The van der Waals surface area contributed by atoms with Crippen molar-refractivity contribution >= 4 is 23.7 Å². The maximum absolute atomic E-state index is 12.5. The molecule has 0 aliphatic rings. The van der Waals surface area contributed by atoms with E-state index in [1.807, 2.05) is 0 Å². The Bertz CT molecular complexity index is 586. The van der Waals surface area contributed by atoms with Crippen molar-refractivity contribution in [1.82, 2.24) is 13.3 Å². The van der Waals surface area contributed by atoms with Gasteiger partial charge >= 0.3 is 10.2 Å². The Morgan fingerprint density at radius 3 is 2.20 bits per heavy atom. The van der Waals surface area contributed by atoms with Gasteiger partial charge in [0, 0.05) is 14.1 Å². The molecule has 0 amide bonds. The molecule has 0 atom stereocenters. The van der Waals surface area contributed by atoms with Gasteiger partial charge in [0.05, 0.1) is 18.5 Å². The molecule has 0 aromatic carbocycles. The zero-order valence-electron chi connectivity index (χ0n) is 13.3. The number of aliphatic hydroxyl groups excluding tert-OH is 1. The smallest absolute Gasteiger partial charge is 0.308 e. The quantitative estimate of drug-likeness (QED) is 0.831. The second-order valence-electron chi connectivity index (χ2n) is 6.66. The fourth-order valence-corrected chi connectivity index (χ4v) is 5.39. The molecule has 8 heteroatoms. The van der Waals surface area contributed by atoms with Gasteiger partial charge in [-0.15, -0.1) is 0 Å². The van der Waals surface area contributed by atoms with Crippen LogP contribution in [-0.4, -0.2) is 49.0 Å². The van der Waals surface area contributed by atoms with Gasteiger partial charge in [-0.2, -0.15) is 12.7 Å². The van der Waals surface area contributed by atoms with E-state index in [0.717, 1.165) is 4.31 Å². The normalized spacial score (nSPS) is 14.1. The molecule has 0 radical (unpaired) electrons. The predicted octanol–water partition coefficient (Wildman–Crippen LogP) is 0.745. The highest BCUT2D eigenvalue weighted by Gasteiger charge is 2.43. The Morgan fingerprint density at radius 1 is 1.35 bits per heavy atom. The molecule has 20 heavy (non-hydrogen) atoms. The van der Waals surface area contributed by atoms with E-state index in [2.05, 4.69) is 38.8 Å². The molecule has 6 nitrogen and oxygen atoms in total. The van der Waals surface area contributed by atoms with Crippen molar-refractivity contribution in [1.29, 1.82) is 0 Å². The van der Waals surface area contributed by atoms with Crippen molar-refractivity contribution in [2.45, 2.75) is 45.5 Å². The highest BCUT2D eigenvalue weighted by Crippen LogP contribution is 2.35. The van der Waals surface area contributed by atoms with Gasteiger partial charge in [-0.25, -0.2) is 8.96 Å². The third kappa shape index (κ3) is 2.69. The van der Waals surface area contributed by atoms with Crippen molar-refractivity contribution in [2.24, 2.45) is 0 Å². The molecule has 0 aliphatic carbocycles. The predicted molar refractivity (Wildman–Crippen MR) is 83.0 cm³/mol. The van der Waals surface area contributed by atoms with Gasteiger partial charge in [0.15, 0.2) is 0 Å². The lowest BCUT2D eigenvalue weighted by Gasteiger charge is -2.36. The summed E-state index contributed by atoms with van der Waals surface area (Å²) in [5.41, 5.74) is 0.876. The lowest BCUT2D eigenvalue weighted by Crippen LogP contribution is -2.56. The van der Waals surface area contributed by atoms with Gasteiger partial charge in [0.1, 0.15) is 13.5 Å². The number of hydrogen-bond donors (Lipinski definition) is 1. The largest absolute Gasteiger partial charge is 0.390 e. The SMILES string of the molecule is CN(C)S(=O)(=O)n1c(CO)cnc1[Si](C)(C)C(C)(C)C. The van der Waals surface area contributed by atoms with Crippen LogP contribution in [0.15, 0.2) is 6.20 Å². The molecule has 1 heterocycles. The number of nitrogens with zero attached hydrogens (tertiary/aromatic N) is 3. The topological polar surface area (TPSA) is 75.4 Å². The van der Waals surface area contributed by atoms with Crippen LogP contribution in [0.5, 0.6) is 0 Å². The van der Waals surface area contributed by atoms with Gasteiger partial charge in [0.2, 0.25) is 0 Å². The molecule has 116 valence electrons. The third-order valence-electron chi connectivity index (χ3n) is 4.08. The summed E-state index contributed by atoms with van der Waals surface area (Å²) in [6.45, 7) is 10.1. The summed E-state index contributed by atoms with van der Waals surface area (Å²) in [5, 5.41) is 9.37. The monoisotopic (exact) mass is 319 g/mol. The number of rotatable bonds is 4. The van der Waals surface area contributed by atoms with Gasteiger partial charge < -0.3 is 5.11 Å². The summed E-state index contributed by atoms with van der Waals surface area (Å²) in [6, 6.07) is 0. The summed E-state index contributed by atoms with van der Waals surface area (Å²) in [4.78, 5) is 4.33. The van der Waals surface area contributed by atoms with Crippen LogP contribution in [0.4, 0.5) is 0 Å². The second-order valence-corrected chi connectivity index (χ2v) is 13.8. The van der Waals surface area contributed by atoms with Crippen LogP contribution in [0.25, 0.3) is 0 Å². The fourth-order valence-electron chi connectivity index (χ4n) is 1.65. The van der Waals surface area contributed by atoms with E-state index >= 15 is 0 Å². The lowest BCUT2D eigenvalue weighted by molar-refractivity contribution is 0.275. The van der Waals surface area contributed by atoms with Crippen molar-refractivity contribution in [3.05, 3.63) is 11.9 Å². The average Bonchev–Trinajstić information content (AvgIpc) is 2.71. The minimum Gasteiger partial charge on any atom is -0.390 e. The van der Waals surface area contributed by atoms with E-state index in [1.54, 1.807) is 0 Å². The van der Waals surface area contributed by atoms with E-state index in [9.17, 15) is 13.5 Å². The Kier molecular flexibility index (Phi) is 4.55. The highest BCUT2D eigenvalue weighted by atomic mass is 32.2. The zero-order chi connectivity index (χ0) is 15.9. The Hall–Kier alpha value is -0.703. The molecule has 0 saturated carbocycles. The fraction of sp³-hybridized carbons (Fsp3) is 0.750. The van der Waals surface area contributed by atoms with Crippen molar-refractivity contribution in [2.75, 3.05) is 14.1 Å². The summed E-state index contributed by atoms with van der Waals surface area (Å²) >= 11 is 0. The minimum atomic E-state index is -3.69.